The Morgan fingerprint density at radius 2 is 2.46 bits per heavy atom. The third-order valence-corrected chi connectivity index (χ3v) is 2.45. The second-order valence-corrected chi connectivity index (χ2v) is 3.73. The molecule has 0 spiro atoms. The van der Waals surface area contributed by atoms with Crippen molar-refractivity contribution < 1.29 is 22.7 Å². The van der Waals surface area contributed by atoms with Crippen molar-refractivity contribution in [1.29, 1.82) is 0 Å². The summed E-state index contributed by atoms with van der Waals surface area (Å²) in [6, 6.07) is 0. The molecule has 0 aromatic carbocycles. The maximum atomic E-state index is 13.1. The molecule has 1 heterocycles. The van der Waals surface area contributed by atoms with E-state index >= 15 is 0 Å². The van der Waals surface area contributed by atoms with Gasteiger partial charge >= 0.3 is 0 Å². The standard InChI is InChI=1S/C6H13FO4P2/c1-8-13-11-6-4(7)2-9-5(6)3-10-12/h4-6,13H,2-3,12H2,1H3/t4-,5+,6-/m0/s1. The molecule has 0 N–H and O–H groups in total. The Morgan fingerprint density at radius 3 is 3.08 bits per heavy atom. The maximum Gasteiger partial charge on any atom is 0.155 e. The van der Waals surface area contributed by atoms with Crippen molar-refractivity contribution in [2.45, 2.75) is 18.4 Å². The average molecular weight is 230 g/mol. The molecule has 5 atom stereocenters. The molecule has 2 unspecified atom stereocenters. The molecule has 7 heteroatoms. The summed E-state index contributed by atoms with van der Waals surface area (Å²) in [5.74, 6) is 0. The minimum Gasteiger partial charge on any atom is -0.370 e. The van der Waals surface area contributed by atoms with Crippen molar-refractivity contribution in [3.63, 3.8) is 0 Å². The minimum atomic E-state index is -1.09. The summed E-state index contributed by atoms with van der Waals surface area (Å²) >= 11 is 0. The van der Waals surface area contributed by atoms with Gasteiger partial charge in [0, 0.05) is 16.6 Å². The molecule has 0 saturated carbocycles. The van der Waals surface area contributed by atoms with Crippen LogP contribution < -0.4 is 0 Å². The molecule has 1 fully saturated rings. The molecule has 13 heavy (non-hydrogen) atoms. The van der Waals surface area contributed by atoms with Crippen molar-refractivity contribution in [3.8, 4) is 0 Å². The molecule has 0 aromatic rings. The fourth-order valence-electron chi connectivity index (χ4n) is 1.13. The van der Waals surface area contributed by atoms with Crippen molar-refractivity contribution in [3.05, 3.63) is 0 Å². The highest BCUT2D eigenvalue weighted by Gasteiger charge is 2.38. The molecule has 78 valence electrons. The van der Waals surface area contributed by atoms with Gasteiger partial charge < -0.3 is 18.3 Å². The second kappa shape index (κ2) is 6.18. The maximum absolute atomic E-state index is 13.1. The van der Waals surface area contributed by atoms with E-state index in [1.165, 1.54) is 7.11 Å². The topological polar surface area (TPSA) is 36.9 Å². The first-order valence-electron chi connectivity index (χ1n) is 3.80. The molecule has 1 aliphatic rings. The summed E-state index contributed by atoms with van der Waals surface area (Å²) in [5.41, 5.74) is 0. The largest absolute Gasteiger partial charge is 0.370 e. The Hall–Kier alpha value is 0.630. The van der Waals surface area contributed by atoms with Gasteiger partial charge in [-0.05, 0) is 0 Å². The lowest BCUT2D eigenvalue weighted by atomic mass is 10.2. The van der Waals surface area contributed by atoms with Crippen LogP contribution in [0, 0.1) is 0 Å². The molecule has 1 aliphatic heterocycles. The van der Waals surface area contributed by atoms with E-state index in [9.17, 15) is 4.39 Å². The molecule has 1 rings (SSSR count). The molecule has 0 bridgehead atoms. The van der Waals surface area contributed by atoms with Gasteiger partial charge in [0.05, 0.1) is 13.2 Å². The van der Waals surface area contributed by atoms with Crippen molar-refractivity contribution in [2.24, 2.45) is 0 Å². The molecule has 1 saturated heterocycles. The van der Waals surface area contributed by atoms with E-state index in [1.54, 1.807) is 0 Å². The highest BCUT2D eigenvalue weighted by atomic mass is 31.1. The van der Waals surface area contributed by atoms with Gasteiger partial charge in [-0.3, -0.25) is 0 Å². The SMILES string of the molecule is COPO[C@H]1[C@@H](F)CO[C@@H]1COP. The molecular formula is C6H13FO4P2. The number of rotatable bonds is 5. The Bertz CT molecular complexity index is 149. The first-order valence-corrected chi connectivity index (χ1v) is 5.09. The summed E-state index contributed by atoms with van der Waals surface area (Å²) in [6.07, 6.45) is -2.00. The zero-order valence-electron chi connectivity index (χ0n) is 7.23. The van der Waals surface area contributed by atoms with Crippen LogP contribution in [0.5, 0.6) is 0 Å². The number of hydrogen-bond donors (Lipinski definition) is 0. The zero-order valence-corrected chi connectivity index (χ0v) is 9.39. The van der Waals surface area contributed by atoms with Crippen molar-refractivity contribution >= 4 is 18.5 Å². The predicted octanol–water partition coefficient (Wildman–Crippen LogP) is 1.07. The molecule has 4 nitrogen and oxygen atoms in total. The van der Waals surface area contributed by atoms with Crippen molar-refractivity contribution in [1.82, 2.24) is 0 Å². The van der Waals surface area contributed by atoms with Crippen molar-refractivity contribution in [2.75, 3.05) is 20.3 Å². The van der Waals surface area contributed by atoms with Crippen LogP contribution in [0.1, 0.15) is 0 Å². The summed E-state index contributed by atoms with van der Waals surface area (Å²) in [4.78, 5) is 0. The van der Waals surface area contributed by atoms with Crippen LogP contribution >= 0.6 is 18.5 Å². The third-order valence-electron chi connectivity index (χ3n) is 1.72. The van der Waals surface area contributed by atoms with E-state index in [2.05, 4.69) is 9.47 Å². The predicted molar refractivity (Wildman–Crippen MR) is 50.5 cm³/mol. The number of ether oxygens (including phenoxy) is 1. The number of halogens is 1. The Morgan fingerprint density at radius 1 is 1.69 bits per heavy atom. The van der Waals surface area contributed by atoms with Crippen LogP contribution in [-0.4, -0.2) is 38.7 Å². The zero-order chi connectivity index (χ0) is 9.68. The van der Waals surface area contributed by atoms with Crippen LogP contribution in [0.3, 0.4) is 0 Å². The van der Waals surface area contributed by atoms with Gasteiger partial charge in [-0.25, -0.2) is 4.39 Å². The summed E-state index contributed by atoms with van der Waals surface area (Å²) in [7, 11) is 3.44. The monoisotopic (exact) mass is 230 g/mol. The quantitative estimate of drug-likeness (QED) is 0.662. The van der Waals surface area contributed by atoms with E-state index in [0.717, 1.165) is 0 Å². The van der Waals surface area contributed by atoms with E-state index in [0.29, 0.717) is 6.61 Å². The lowest BCUT2D eigenvalue weighted by Gasteiger charge is -2.17. The minimum absolute atomic E-state index is 0.0670. The highest BCUT2D eigenvalue weighted by Crippen LogP contribution is 2.27. The average Bonchev–Trinajstić information content (AvgIpc) is 2.45. The van der Waals surface area contributed by atoms with Crippen LogP contribution in [0.25, 0.3) is 0 Å². The first kappa shape index (κ1) is 11.7. The Balaban J connectivity index is 2.35. The first-order chi connectivity index (χ1) is 6.29. The fraction of sp³-hybridized carbons (Fsp3) is 1.00. The van der Waals surface area contributed by atoms with Gasteiger partial charge in [0.15, 0.2) is 15.2 Å². The van der Waals surface area contributed by atoms with E-state index < -0.39 is 12.3 Å². The van der Waals surface area contributed by atoms with Crippen LogP contribution in [-0.2, 0) is 18.3 Å². The van der Waals surface area contributed by atoms with E-state index in [-0.39, 0.29) is 21.7 Å². The Labute approximate surface area is 80.7 Å². The molecule has 0 aliphatic carbocycles. The van der Waals surface area contributed by atoms with E-state index in [4.69, 9.17) is 18.3 Å². The number of hydrogen-bond acceptors (Lipinski definition) is 4. The molecular weight excluding hydrogens is 217 g/mol. The van der Waals surface area contributed by atoms with Gasteiger partial charge in [-0.15, -0.1) is 0 Å². The summed E-state index contributed by atoms with van der Waals surface area (Å²) < 4.78 is 32.9. The number of alkyl halides is 1. The molecule has 0 amide bonds. The van der Waals surface area contributed by atoms with Crippen LogP contribution in [0.15, 0.2) is 0 Å². The fourth-order valence-corrected chi connectivity index (χ4v) is 1.83. The highest BCUT2D eigenvalue weighted by molar-refractivity contribution is 7.26. The smallest absolute Gasteiger partial charge is 0.155 e. The second-order valence-electron chi connectivity index (χ2n) is 2.59. The van der Waals surface area contributed by atoms with Gasteiger partial charge in [0.2, 0.25) is 0 Å². The summed E-state index contributed by atoms with van der Waals surface area (Å²) in [5, 5.41) is 0. The molecule has 0 aromatic heterocycles. The molecule has 0 radical (unpaired) electrons. The van der Waals surface area contributed by atoms with Gasteiger partial charge in [-0.1, -0.05) is 0 Å². The van der Waals surface area contributed by atoms with Gasteiger partial charge in [0.25, 0.3) is 0 Å². The lowest BCUT2D eigenvalue weighted by molar-refractivity contribution is 0.0244. The lowest BCUT2D eigenvalue weighted by Crippen LogP contribution is -2.31. The Kier molecular flexibility index (Phi) is 5.56. The third kappa shape index (κ3) is 3.35. The van der Waals surface area contributed by atoms with E-state index in [1.807, 2.05) is 0 Å². The van der Waals surface area contributed by atoms with Crippen LogP contribution in [0.4, 0.5) is 4.39 Å². The van der Waals surface area contributed by atoms with Crippen LogP contribution in [0.2, 0.25) is 0 Å². The van der Waals surface area contributed by atoms with Gasteiger partial charge in [-0.2, -0.15) is 0 Å². The summed E-state index contributed by atoms with van der Waals surface area (Å²) in [6.45, 7) is 0.376. The normalized spacial score (nSPS) is 34.8. The van der Waals surface area contributed by atoms with Gasteiger partial charge in [0.1, 0.15) is 12.2 Å².